The van der Waals surface area contributed by atoms with Crippen LogP contribution in [0.4, 0.5) is 0 Å². The van der Waals surface area contributed by atoms with E-state index in [-0.39, 0.29) is 72.8 Å². The van der Waals surface area contributed by atoms with Crippen molar-refractivity contribution in [2.75, 3.05) is 26.4 Å². The van der Waals surface area contributed by atoms with Crippen molar-refractivity contribution in [3.05, 3.63) is 0 Å². The molecule has 0 aromatic rings. The van der Waals surface area contributed by atoms with E-state index in [4.69, 9.17) is 40.9 Å². The molecule has 8 N–H and O–H groups in total. The van der Waals surface area contributed by atoms with Crippen LogP contribution in [0.25, 0.3) is 0 Å². The number of aliphatic hydroxyl groups excluding tert-OH is 8. The fourth-order valence-electron chi connectivity index (χ4n) is 0. The Kier molecular flexibility index (Phi) is 186. The van der Waals surface area contributed by atoms with E-state index in [1.54, 1.807) is 83.1 Å². The predicted molar refractivity (Wildman–Crippen MR) is 143 cm³/mol. The Bertz CT molecular complexity index is 112. The van der Waals surface area contributed by atoms with Gasteiger partial charge in [-0.25, -0.2) is 0 Å². The van der Waals surface area contributed by atoms with Crippen LogP contribution < -0.4 is 0 Å². The molecular formula is C20H64O8Si2. The van der Waals surface area contributed by atoms with Crippen molar-refractivity contribution in [3.8, 4) is 0 Å². The third kappa shape index (κ3) is 1600000. The highest BCUT2D eigenvalue weighted by Crippen LogP contribution is 1.66. The molecule has 0 saturated carbocycles. The van der Waals surface area contributed by atoms with Gasteiger partial charge in [0.25, 0.3) is 0 Å². The predicted octanol–water partition coefficient (Wildman–Crippen LogP) is -1.36. The monoisotopic (exact) mass is 488 g/mol. The van der Waals surface area contributed by atoms with Crippen molar-refractivity contribution in [3.63, 3.8) is 0 Å². The van der Waals surface area contributed by atoms with Crippen LogP contribution in [-0.4, -0.2) is 114 Å². The summed E-state index contributed by atoms with van der Waals surface area (Å²) in [5, 5.41) is 62.5. The zero-order valence-electron chi connectivity index (χ0n) is 20.7. The molecule has 0 aliphatic carbocycles. The molecule has 0 heterocycles. The van der Waals surface area contributed by atoms with Crippen LogP contribution in [0, 0.1) is 0 Å². The lowest BCUT2D eigenvalue weighted by molar-refractivity contribution is 0.215. The molecule has 0 fully saturated rings. The van der Waals surface area contributed by atoms with Gasteiger partial charge in [0.05, 0.1) is 0 Å². The molecule has 30 heavy (non-hydrogen) atoms. The fraction of sp³-hybridized carbons (Fsp3) is 1.00. The van der Waals surface area contributed by atoms with Gasteiger partial charge < -0.3 is 40.9 Å². The third-order valence-corrected chi connectivity index (χ3v) is 0. The second-order valence-corrected chi connectivity index (χ2v) is 5.64. The van der Waals surface area contributed by atoms with Gasteiger partial charge in [-0.05, 0) is 105 Å². The first kappa shape index (κ1) is 63.1. The van der Waals surface area contributed by atoms with Crippen molar-refractivity contribution in [2.45, 2.75) is 108 Å². The molecule has 0 amide bonds. The Morgan fingerprint density at radius 1 is 0.367 bits per heavy atom. The maximum Gasteiger partial charge on any atom is 0.0483 e. The van der Waals surface area contributed by atoms with E-state index < -0.39 is 0 Å². The van der Waals surface area contributed by atoms with Gasteiger partial charge in [-0.3, -0.25) is 0 Å². The lowest BCUT2D eigenvalue weighted by atomic mass is 10.5. The molecular weight excluding hydrogens is 424 g/mol. The molecule has 0 atom stereocenters. The molecule has 0 aromatic carbocycles. The van der Waals surface area contributed by atoms with Crippen molar-refractivity contribution in [2.24, 2.45) is 0 Å². The van der Waals surface area contributed by atoms with Crippen molar-refractivity contribution in [1.29, 1.82) is 0 Å². The van der Waals surface area contributed by atoms with Gasteiger partial charge in [-0.2, -0.15) is 0 Å². The van der Waals surface area contributed by atoms with Crippen molar-refractivity contribution >= 4 is 21.9 Å². The largest absolute Gasteiger partial charge is 0.397 e. The SMILES string of the molecule is CC(C)O.CC(C)O.CC(C)O.CC(C)O.CCO.CCO.CCO.CCO.[SiH4].[SiH4]. The summed E-state index contributed by atoms with van der Waals surface area (Å²) < 4.78 is 0. The quantitative estimate of drug-likeness (QED) is 0.194. The van der Waals surface area contributed by atoms with Crippen LogP contribution in [0.5, 0.6) is 0 Å². The molecule has 200 valence electrons. The van der Waals surface area contributed by atoms with Crippen molar-refractivity contribution in [1.82, 2.24) is 0 Å². The zero-order valence-corrected chi connectivity index (χ0v) is 20.7. The minimum atomic E-state index is -0.167. The van der Waals surface area contributed by atoms with E-state index >= 15 is 0 Å². The first-order valence-corrected chi connectivity index (χ1v) is 9.74. The summed E-state index contributed by atoms with van der Waals surface area (Å²) >= 11 is 0. The Balaban J connectivity index is -0.0000000189. The molecule has 0 rings (SSSR count). The van der Waals surface area contributed by atoms with Crippen LogP contribution in [-0.2, 0) is 0 Å². The van der Waals surface area contributed by atoms with E-state index in [2.05, 4.69) is 0 Å². The molecule has 0 aliphatic rings. The van der Waals surface area contributed by atoms with Crippen LogP contribution in [0.2, 0.25) is 0 Å². The minimum absolute atomic E-state index is 0. The van der Waals surface area contributed by atoms with Gasteiger partial charge in [0, 0.05) is 50.8 Å². The summed E-state index contributed by atoms with van der Waals surface area (Å²) in [6.45, 7) is 21.5. The molecule has 8 nitrogen and oxygen atoms in total. The smallest absolute Gasteiger partial charge is 0.0483 e. The molecule has 0 bridgehead atoms. The highest BCUT2D eigenvalue weighted by atomic mass is 28.1. The average molecular weight is 489 g/mol. The maximum absolute atomic E-state index is 8.06. The first-order valence-electron chi connectivity index (χ1n) is 9.74. The van der Waals surface area contributed by atoms with E-state index in [9.17, 15) is 0 Å². The summed E-state index contributed by atoms with van der Waals surface area (Å²) in [5.74, 6) is 0. The number of rotatable bonds is 0. The standard InChI is InChI=1S/4C3H8O.4C2H6O.2H4Si/c4*1-3(2)4;4*1-2-3;;/h4*3-4H,1-2H3;4*3H,2H2,1H3;2*1H4. The van der Waals surface area contributed by atoms with Gasteiger partial charge in [-0.15, -0.1) is 0 Å². The molecule has 0 unspecified atom stereocenters. The highest BCUT2D eigenvalue weighted by molar-refractivity contribution is 5.76. The highest BCUT2D eigenvalue weighted by Gasteiger charge is 1.70. The van der Waals surface area contributed by atoms with E-state index in [1.165, 1.54) is 0 Å². The van der Waals surface area contributed by atoms with E-state index in [0.717, 1.165) is 0 Å². The summed E-state index contributed by atoms with van der Waals surface area (Å²) in [7, 11) is 0. The number of hydrogen-bond donors (Lipinski definition) is 8. The zero-order chi connectivity index (χ0) is 25.1. The third-order valence-electron chi connectivity index (χ3n) is 0. The average Bonchev–Trinajstić information content (AvgIpc) is 2.38. The first-order chi connectivity index (χ1) is 12.6. The van der Waals surface area contributed by atoms with Gasteiger partial charge >= 0.3 is 0 Å². The fourth-order valence-corrected chi connectivity index (χ4v) is 0. The van der Waals surface area contributed by atoms with E-state index in [0.29, 0.717) is 0 Å². The Hall–Kier alpha value is 0.114. The van der Waals surface area contributed by atoms with Crippen LogP contribution in [0.1, 0.15) is 83.1 Å². The molecule has 0 spiro atoms. The molecule has 0 aliphatic heterocycles. The maximum atomic E-state index is 8.06. The molecule has 0 aromatic heterocycles. The van der Waals surface area contributed by atoms with Gasteiger partial charge in [0.2, 0.25) is 0 Å². The van der Waals surface area contributed by atoms with Crippen LogP contribution >= 0.6 is 0 Å². The lowest BCUT2D eigenvalue weighted by Gasteiger charge is -1.80. The summed E-state index contributed by atoms with van der Waals surface area (Å²) in [4.78, 5) is 0. The molecule has 0 saturated heterocycles. The Morgan fingerprint density at radius 3 is 0.367 bits per heavy atom. The van der Waals surface area contributed by atoms with Crippen molar-refractivity contribution < 1.29 is 40.9 Å². The Morgan fingerprint density at radius 2 is 0.367 bits per heavy atom. The second-order valence-electron chi connectivity index (χ2n) is 5.64. The van der Waals surface area contributed by atoms with Gasteiger partial charge in [-0.1, -0.05) is 0 Å². The van der Waals surface area contributed by atoms with E-state index in [1.807, 2.05) is 0 Å². The van der Waals surface area contributed by atoms with Crippen LogP contribution in [0.3, 0.4) is 0 Å². The topological polar surface area (TPSA) is 162 Å². The number of hydrogen-bond acceptors (Lipinski definition) is 8. The summed E-state index contributed by atoms with van der Waals surface area (Å²) in [5.41, 5.74) is 0. The van der Waals surface area contributed by atoms with Gasteiger partial charge in [0.15, 0.2) is 0 Å². The Labute approximate surface area is 197 Å². The number of aliphatic hydroxyl groups is 8. The normalized spacial score (nSPS) is 7.20. The summed E-state index contributed by atoms with van der Waals surface area (Å²) in [6.07, 6.45) is -0.667. The summed E-state index contributed by atoms with van der Waals surface area (Å²) in [6, 6.07) is 0. The minimum Gasteiger partial charge on any atom is -0.397 e. The molecule has 10 heteroatoms. The molecule has 0 radical (unpaired) electrons. The second kappa shape index (κ2) is 88.6. The van der Waals surface area contributed by atoms with Crippen LogP contribution in [0.15, 0.2) is 0 Å². The van der Waals surface area contributed by atoms with Gasteiger partial charge in [0.1, 0.15) is 0 Å². The lowest BCUT2D eigenvalue weighted by Crippen LogP contribution is -1.85.